The molecule has 0 spiro atoms. The molecule has 2 rings (SSSR count). The monoisotopic (exact) mass is 715 g/mol. The molecule has 3 unspecified atom stereocenters. The minimum atomic E-state index is -2.77. The molecule has 17 heteroatoms. The van der Waals surface area contributed by atoms with E-state index in [0.29, 0.717) is 0 Å². The van der Waals surface area contributed by atoms with Crippen LogP contribution < -0.4 is 0 Å². The number of hydrogen-bond donors (Lipinski definition) is 0. The molecular weight excluding hydrogens is 723 g/mol. The molecule has 0 amide bonds. The summed E-state index contributed by atoms with van der Waals surface area (Å²) in [5, 5.41) is -1.89. The zero-order valence-electron chi connectivity index (χ0n) is 11.5. The molecule has 27 heavy (non-hydrogen) atoms. The summed E-state index contributed by atoms with van der Waals surface area (Å²) in [6.45, 7) is 0. The lowest BCUT2D eigenvalue weighted by molar-refractivity contribution is 0.164. The number of rotatable bonds is 0. The van der Waals surface area contributed by atoms with Crippen molar-refractivity contribution < 1.29 is 0 Å². The zero-order chi connectivity index (χ0) is 22.1. The van der Waals surface area contributed by atoms with Crippen LogP contribution in [0.25, 0.3) is 0 Å². The first kappa shape index (κ1) is 28.2. The van der Waals surface area contributed by atoms with Gasteiger partial charge in [-0.2, -0.15) is 0 Å². The molecule has 2 aliphatic carbocycles. The van der Waals surface area contributed by atoms with Gasteiger partial charge in [-0.15, -0.1) is 34.8 Å². The Hall–Kier alpha value is 4.93. The second-order valence-corrected chi connectivity index (χ2v) is 16.8. The molecule has 160 valence electrons. The van der Waals surface area contributed by atoms with Crippen molar-refractivity contribution in [2.75, 3.05) is 0 Å². The van der Waals surface area contributed by atoms with Gasteiger partial charge in [0.15, 0.2) is 30.3 Å². The first-order valence-corrected chi connectivity index (χ1v) is 12.6. The summed E-state index contributed by atoms with van der Waals surface area (Å²) in [4.78, 5) is -5.42. The highest BCUT2D eigenvalue weighted by molar-refractivity contribution is 6.81. The van der Waals surface area contributed by atoms with Gasteiger partial charge in [-0.25, -0.2) is 0 Å². The van der Waals surface area contributed by atoms with Gasteiger partial charge in [-0.1, -0.05) is 162 Å². The van der Waals surface area contributed by atoms with Crippen LogP contribution >= 0.6 is 197 Å². The number of alkyl halides is 17. The van der Waals surface area contributed by atoms with Crippen LogP contribution in [0.5, 0.6) is 0 Å². The smallest absolute Gasteiger partial charge is 0.117 e. The molecule has 0 radical (unpaired) electrons. The van der Waals surface area contributed by atoms with Gasteiger partial charge in [0.25, 0.3) is 0 Å². The van der Waals surface area contributed by atoms with Crippen molar-refractivity contribution in [1.82, 2.24) is 0 Å². The van der Waals surface area contributed by atoms with E-state index in [2.05, 4.69) is 0 Å². The van der Waals surface area contributed by atoms with E-state index in [1.165, 1.54) is 0 Å². The first-order valence-electron chi connectivity index (χ1n) is 6.07. The summed E-state index contributed by atoms with van der Waals surface area (Å²) in [7, 11) is 0. The predicted molar refractivity (Wildman–Crippen MR) is 128 cm³/mol. The summed E-state index contributed by atoms with van der Waals surface area (Å²) >= 11 is 108. The van der Waals surface area contributed by atoms with Crippen LogP contribution in [0, 0.1) is 0 Å². The van der Waals surface area contributed by atoms with Gasteiger partial charge in [0.05, 0.1) is 5.38 Å². The Morgan fingerprint density at radius 1 is 0.370 bits per heavy atom. The van der Waals surface area contributed by atoms with E-state index >= 15 is 0 Å². The Labute approximate surface area is 239 Å². The fourth-order valence-electron chi connectivity index (χ4n) is 2.88. The van der Waals surface area contributed by atoms with Crippen molar-refractivity contribution in [1.29, 1.82) is 0 Å². The maximum atomic E-state index is 6.72. The van der Waals surface area contributed by atoms with Gasteiger partial charge < -0.3 is 0 Å². The summed E-state index contributed by atoms with van der Waals surface area (Å²) in [5.74, 6) is 0. The van der Waals surface area contributed by atoms with Crippen LogP contribution in [0.1, 0.15) is 0 Å². The molecule has 0 heterocycles. The third-order valence-electron chi connectivity index (χ3n) is 4.49. The van der Waals surface area contributed by atoms with Gasteiger partial charge in [0.2, 0.25) is 0 Å². The lowest BCUT2D eigenvalue weighted by Gasteiger charge is -2.73. The Morgan fingerprint density at radius 3 is 1.04 bits per heavy atom. The highest BCUT2D eigenvalue weighted by Gasteiger charge is 2.98. The highest BCUT2D eigenvalue weighted by Crippen LogP contribution is 2.85. The fraction of sp³-hybridized carbons (Fsp3) is 1.00. The number of hydrogen-bond acceptors (Lipinski definition) is 0. The minimum Gasteiger partial charge on any atom is -0.117 e. The van der Waals surface area contributed by atoms with Gasteiger partial charge >= 0.3 is 0 Å². The topological polar surface area (TPSA) is 0 Å². The maximum Gasteiger partial charge on any atom is 0.188 e. The van der Waals surface area contributed by atoms with Crippen molar-refractivity contribution in [2.45, 2.75) is 45.5 Å². The molecule has 2 fully saturated rings. The second kappa shape index (κ2) is 7.22. The third-order valence-corrected chi connectivity index (χ3v) is 17.6. The Morgan fingerprint density at radius 2 is 0.667 bits per heavy atom. The molecule has 0 aromatic rings. The molecule has 0 aromatic heterocycles. The SMILES string of the molecule is ClC1C(Cl)(Cl)C(Cl)(Cl)C(Cl)(Cl)C2(Cl)C(Cl)(Cl)C(Cl)(Cl)C(Cl)(Cl)C(Cl)(Cl)C12Cl. The first-order chi connectivity index (χ1) is 11.4. The molecule has 2 saturated carbocycles. The van der Waals surface area contributed by atoms with E-state index < -0.39 is 45.5 Å². The van der Waals surface area contributed by atoms with E-state index in [1.54, 1.807) is 0 Å². The summed E-state index contributed by atoms with van der Waals surface area (Å²) in [5.41, 5.74) is 0. The normalized spacial score (nSPS) is 45.0. The average molecular weight is 724 g/mol. The van der Waals surface area contributed by atoms with Crippen LogP contribution in [0.4, 0.5) is 0 Å². The highest BCUT2D eigenvalue weighted by atomic mass is 35.6. The summed E-state index contributed by atoms with van der Waals surface area (Å²) in [6, 6.07) is 0. The van der Waals surface area contributed by atoms with E-state index in [-0.39, 0.29) is 0 Å². The maximum absolute atomic E-state index is 6.72. The summed E-state index contributed by atoms with van der Waals surface area (Å²) in [6.07, 6.45) is 0. The van der Waals surface area contributed by atoms with Gasteiger partial charge in [0, 0.05) is 0 Å². The van der Waals surface area contributed by atoms with Crippen molar-refractivity contribution in [2.24, 2.45) is 0 Å². The molecule has 0 nitrogen and oxygen atoms in total. The van der Waals surface area contributed by atoms with E-state index in [0.717, 1.165) is 0 Å². The molecule has 2 aliphatic rings. The predicted octanol–water partition coefficient (Wildman–Crippen LogP) is 9.79. The van der Waals surface area contributed by atoms with Crippen molar-refractivity contribution in [3.8, 4) is 0 Å². The lowest BCUT2D eigenvalue weighted by Crippen LogP contribution is -2.93. The van der Waals surface area contributed by atoms with Crippen molar-refractivity contribution in [3.05, 3.63) is 0 Å². The van der Waals surface area contributed by atoms with Crippen LogP contribution in [0.15, 0.2) is 0 Å². The largest absolute Gasteiger partial charge is 0.188 e. The number of fused-ring (bicyclic) bond motifs is 1. The van der Waals surface area contributed by atoms with Gasteiger partial charge in [-0.05, 0) is 0 Å². The van der Waals surface area contributed by atoms with Gasteiger partial charge in [-0.3, -0.25) is 0 Å². The Kier molecular flexibility index (Phi) is 7.54. The van der Waals surface area contributed by atoms with E-state index in [4.69, 9.17) is 197 Å². The second-order valence-electron chi connectivity index (χ2n) is 5.80. The third kappa shape index (κ3) is 2.70. The molecule has 0 N–H and O–H groups in total. The van der Waals surface area contributed by atoms with Gasteiger partial charge in [0.1, 0.15) is 9.75 Å². The van der Waals surface area contributed by atoms with Crippen LogP contribution in [0.3, 0.4) is 0 Å². The molecule has 0 bridgehead atoms. The standard InChI is InChI=1S/C10HCl17/c11-1-2(12)4(15,7(20,21)6(18,19)3(1,13)14)8(22,23)10(26,27)9(24,25)5(2,16)17/h1H. The van der Waals surface area contributed by atoms with Crippen molar-refractivity contribution in [3.63, 3.8) is 0 Å². The molecular formula is C10HCl17. The Bertz CT molecular complexity index is 653. The molecule has 0 saturated heterocycles. The van der Waals surface area contributed by atoms with E-state index in [1.807, 2.05) is 0 Å². The van der Waals surface area contributed by atoms with Crippen LogP contribution in [-0.4, -0.2) is 45.5 Å². The zero-order valence-corrected chi connectivity index (χ0v) is 24.4. The quantitative estimate of drug-likeness (QED) is 0.219. The van der Waals surface area contributed by atoms with Crippen LogP contribution in [-0.2, 0) is 0 Å². The lowest BCUT2D eigenvalue weighted by atomic mass is 9.65. The summed E-state index contributed by atoms with van der Waals surface area (Å²) < 4.78 is -18.6. The Balaban J connectivity index is 3.14. The van der Waals surface area contributed by atoms with E-state index in [9.17, 15) is 0 Å². The molecule has 0 aliphatic heterocycles. The number of halogens is 17. The molecule has 0 aromatic carbocycles. The fourth-order valence-corrected chi connectivity index (χ4v) is 11.0. The average Bonchev–Trinajstić information content (AvgIpc) is 2.48. The van der Waals surface area contributed by atoms with Crippen LogP contribution in [0.2, 0.25) is 0 Å². The van der Waals surface area contributed by atoms with Crippen molar-refractivity contribution >= 4 is 197 Å². The molecule has 3 atom stereocenters. The minimum absolute atomic E-state index is 1.89.